The van der Waals surface area contributed by atoms with Crippen molar-refractivity contribution >= 4 is 28.6 Å². The van der Waals surface area contributed by atoms with Crippen LogP contribution in [0.4, 0.5) is 14.5 Å². The van der Waals surface area contributed by atoms with E-state index in [0.29, 0.717) is 16.3 Å². The lowest BCUT2D eigenvalue weighted by Gasteiger charge is -2.13. The van der Waals surface area contributed by atoms with Crippen LogP contribution >= 0.6 is 0 Å². The van der Waals surface area contributed by atoms with E-state index < -0.39 is 41.3 Å². The fourth-order valence-electron chi connectivity index (χ4n) is 3.04. The first-order chi connectivity index (χ1) is 14.6. The zero-order chi connectivity index (χ0) is 22.9. The number of hydrogen-bond acceptors (Lipinski definition) is 6. The van der Waals surface area contributed by atoms with Gasteiger partial charge in [-0.25, -0.2) is 23.4 Å². The summed E-state index contributed by atoms with van der Waals surface area (Å²) < 4.78 is 33.4. The number of nitrogens with zero attached hydrogens (tertiary/aromatic N) is 3. The number of benzene rings is 1. The van der Waals surface area contributed by atoms with Crippen molar-refractivity contribution in [2.75, 3.05) is 11.9 Å². The summed E-state index contributed by atoms with van der Waals surface area (Å²) in [5.74, 6) is -3.53. The number of carbonyl (C=O) groups excluding carboxylic acids is 2. The van der Waals surface area contributed by atoms with E-state index in [1.54, 1.807) is 13.8 Å². The smallest absolute Gasteiger partial charge is 0.339 e. The number of fused-ring (bicyclic) bond motifs is 1. The second kappa shape index (κ2) is 8.46. The highest BCUT2D eigenvalue weighted by atomic mass is 19.1. The van der Waals surface area contributed by atoms with Crippen LogP contribution in [-0.2, 0) is 23.1 Å². The largest absolute Gasteiger partial charge is 0.462 e. The number of aryl methyl sites for hydroxylation is 2. The minimum atomic E-state index is -1.02. The Morgan fingerprint density at radius 3 is 2.55 bits per heavy atom. The van der Waals surface area contributed by atoms with Crippen LogP contribution < -0.4 is 16.6 Å². The summed E-state index contributed by atoms with van der Waals surface area (Å²) in [6.07, 6.45) is 0. The number of anilines is 1. The molecule has 11 heteroatoms. The van der Waals surface area contributed by atoms with Crippen LogP contribution in [0.25, 0.3) is 11.0 Å². The molecule has 1 aromatic carbocycles. The summed E-state index contributed by atoms with van der Waals surface area (Å²) in [5.41, 5.74) is -1.86. The summed E-state index contributed by atoms with van der Waals surface area (Å²) >= 11 is 0. The minimum absolute atomic E-state index is 0.0423. The van der Waals surface area contributed by atoms with Crippen molar-refractivity contribution < 1.29 is 23.1 Å². The highest BCUT2D eigenvalue weighted by Gasteiger charge is 2.22. The van der Waals surface area contributed by atoms with Gasteiger partial charge in [-0.1, -0.05) is 0 Å². The standard InChI is InChI=1S/C20H18F2N4O5/c1-4-31-19(29)12-7-10(2)23-17-16(12)18(28)26(20(30)25(17)3)9-15(27)24-14-6-5-11(21)8-13(14)22/h5-8H,4,9H2,1-3H3,(H,24,27). The Morgan fingerprint density at radius 2 is 1.90 bits per heavy atom. The van der Waals surface area contributed by atoms with Gasteiger partial charge in [0.25, 0.3) is 5.56 Å². The molecule has 0 saturated heterocycles. The molecule has 2 aromatic heterocycles. The molecular formula is C20H18F2N4O5. The Morgan fingerprint density at radius 1 is 1.19 bits per heavy atom. The van der Waals surface area contributed by atoms with Gasteiger partial charge in [-0.2, -0.15) is 0 Å². The predicted octanol–water partition coefficient (Wildman–Crippen LogP) is 1.50. The number of carbonyl (C=O) groups is 2. The number of pyridine rings is 1. The normalized spacial score (nSPS) is 10.9. The number of nitrogens with one attached hydrogen (secondary N) is 1. The molecule has 3 aromatic rings. The summed E-state index contributed by atoms with van der Waals surface area (Å²) in [6, 6.07) is 3.88. The Balaban J connectivity index is 2.10. The molecule has 162 valence electrons. The predicted molar refractivity (Wildman–Crippen MR) is 107 cm³/mol. The Kier molecular flexibility index (Phi) is 5.95. The fourth-order valence-corrected chi connectivity index (χ4v) is 3.04. The average Bonchev–Trinajstić information content (AvgIpc) is 2.71. The van der Waals surface area contributed by atoms with Gasteiger partial charge in [0.05, 0.1) is 23.2 Å². The Bertz CT molecular complexity index is 1330. The second-order valence-corrected chi connectivity index (χ2v) is 6.64. The lowest BCUT2D eigenvalue weighted by atomic mass is 10.1. The molecule has 31 heavy (non-hydrogen) atoms. The molecule has 3 rings (SSSR count). The van der Waals surface area contributed by atoms with E-state index in [2.05, 4.69) is 10.3 Å². The Labute approximate surface area is 173 Å². The number of esters is 1. The molecule has 0 aliphatic heterocycles. The maximum atomic E-state index is 13.8. The summed E-state index contributed by atoms with van der Waals surface area (Å²) in [7, 11) is 1.33. The van der Waals surface area contributed by atoms with Crippen LogP contribution in [0, 0.1) is 18.6 Å². The van der Waals surface area contributed by atoms with E-state index in [4.69, 9.17) is 4.74 Å². The summed E-state index contributed by atoms with van der Waals surface area (Å²) in [6.45, 7) is 2.48. The number of amides is 1. The van der Waals surface area contributed by atoms with E-state index in [1.165, 1.54) is 13.1 Å². The third kappa shape index (κ3) is 4.20. The molecule has 9 nitrogen and oxygen atoms in total. The van der Waals surface area contributed by atoms with Crippen LogP contribution in [-0.4, -0.2) is 32.6 Å². The van der Waals surface area contributed by atoms with Crippen LogP contribution in [0.5, 0.6) is 0 Å². The SMILES string of the molecule is CCOC(=O)c1cc(C)nc2c1c(=O)n(CC(=O)Nc1ccc(F)cc1F)c(=O)n2C. The quantitative estimate of drug-likeness (QED) is 0.612. The first kappa shape index (κ1) is 21.8. The molecule has 0 bridgehead atoms. The average molecular weight is 432 g/mol. The maximum Gasteiger partial charge on any atom is 0.339 e. The van der Waals surface area contributed by atoms with Gasteiger partial charge in [-0.3, -0.25) is 18.7 Å². The van der Waals surface area contributed by atoms with Crippen molar-refractivity contribution in [3.05, 3.63) is 68.0 Å². The van der Waals surface area contributed by atoms with Gasteiger partial charge in [0.1, 0.15) is 23.8 Å². The second-order valence-electron chi connectivity index (χ2n) is 6.64. The zero-order valence-electron chi connectivity index (χ0n) is 16.9. The highest BCUT2D eigenvalue weighted by molar-refractivity contribution is 6.02. The minimum Gasteiger partial charge on any atom is -0.462 e. The molecule has 0 spiro atoms. The molecule has 0 saturated carbocycles. The zero-order valence-corrected chi connectivity index (χ0v) is 16.9. The van der Waals surface area contributed by atoms with E-state index >= 15 is 0 Å². The molecule has 0 aliphatic rings. The van der Waals surface area contributed by atoms with Crippen molar-refractivity contribution in [3.63, 3.8) is 0 Å². The fraction of sp³-hybridized carbons (Fsp3) is 0.250. The van der Waals surface area contributed by atoms with E-state index in [-0.39, 0.29) is 28.9 Å². The molecule has 0 radical (unpaired) electrons. The number of aromatic nitrogens is 3. The van der Waals surface area contributed by atoms with Crippen LogP contribution in [0.1, 0.15) is 23.0 Å². The monoisotopic (exact) mass is 432 g/mol. The topological polar surface area (TPSA) is 112 Å². The summed E-state index contributed by atoms with van der Waals surface area (Å²) in [5, 5.41) is 1.99. The lowest BCUT2D eigenvalue weighted by Crippen LogP contribution is -2.42. The Hall–Kier alpha value is -3.89. The van der Waals surface area contributed by atoms with Crippen molar-refractivity contribution in [3.8, 4) is 0 Å². The number of halogens is 2. The van der Waals surface area contributed by atoms with Crippen molar-refractivity contribution in [2.45, 2.75) is 20.4 Å². The molecule has 0 fully saturated rings. The molecule has 0 atom stereocenters. The highest BCUT2D eigenvalue weighted by Crippen LogP contribution is 2.16. The third-order valence-electron chi connectivity index (χ3n) is 4.43. The van der Waals surface area contributed by atoms with Gasteiger partial charge < -0.3 is 10.1 Å². The molecule has 1 amide bonds. The van der Waals surface area contributed by atoms with E-state index in [1.807, 2.05) is 0 Å². The molecule has 0 aliphatic carbocycles. The van der Waals surface area contributed by atoms with Crippen LogP contribution in [0.15, 0.2) is 33.9 Å². The van der Waals surface area contributed by atoms with Gasteiger partial charge in [0.15, 0.2) is 0 Å². The summed E-state index contributed by atoms with van der Waals surface area (Å²) in [4.78, 5) is 54.6. The van der Waals surface area contributed by atoms with Crippen molar-refractivity contribution in [1.29, 1.82) is 0 Å². The number of rotatable bonds is 5. The lowest BCUT2D eigenvalue weighted by molar-refractivity contribution is -0.116. The van der Waals surface area contributed by atoms with Gasteiger partial charge in [-0.15, -0.1) is 0 Å². The maximum absolute atomic E-state index is 13.8. The van der Waals surface area contributed by atoms with E-state index in [9.17, 15) is 28.0 Å². The van der Waals surface area contributed by atoms with Gasteiger partial charge >= 0.3 is 11.7 Å². The van der Waals surface area contributed by atoms with Crippen molar-refractivity contribution in [2.24, 2.45) is 7.05 Å². The van der Waals surface area contributed by atoms with Gasteiger partial charge in [0, 0.05) is 18.8 Å². The third-order valence-corrected chi connectivity index (χ3v) is 4.43. The van der Waals surface area contributed by atoms with Gasteiger partial charge in [0.2, 0.25) is 5.91 Å². The molecule has 2 heterocycles. The first-order valence-electron chi connectivity index (χ1n) is 9.17. The first-order valence-corrected chi connectivity index (χ1v) is 9.17. The van der Waals surface area contributed by atoms with Crippen LogP contribution in [0.3, 0.4) is 0 Å². The molecular weight excluding hydrogens is 414 g/mol. The molecule has 1 N–H and O–H groups in total. The van der Waals surface area contributed by atoms with Gasteiger partial charge in [-0.05, 0) is 32.0 Å². The number of hydrogen-bond donors (Lipinski definition) is 1. The molecule has 0 unspecified atom stereocenters. The number of ether oxygens (including phenoxy) is 1. The van der Waals surface area contributed by atoms with E-state index in [0.717, 1.165) is 16.7 Å². The van der Waals surface area contributed by atoms with Crippen LogP contribution in [0.2, 0.25) is 0 Å². The van der Waals surface area contributed by atoms with Crippen molar-refractivity contribution in [1.82, 2.24) is 14.1 Å².